The summed E-state index contributed by atoms with van der Waals surface area (Å²) in [6.07, 6.45) is 3.48. The van der Waals surface area contributed by atoms with Gasteiger partial charge in [-0.1, -0.05) is 23.7 Å². The largest absolute Gasteiger partial charge is 0.365 e. The molecule has 0 radical (unpaired) electrons. The number of hydrogen-bond donors (Lipinski definition) is 1. The molecule has 2 aromatic carbocycles. The number of anilines is 2. The zero-order valence-electron chi connectivity index (χ0n) is 18.0. The summed E-state index contributed by atoms with van der Waals surface area (Å²) < 4.78 is 13.7. The Kier molecular flexibility index (Phi) is 5.17. The highest BCUT2D eigenvalue weighted by Crippen LogP contribution is 2.41. The normalized spacial score (nSPS) is 19.1. The molecule has 2 heterocycles. The molecule has 1 fully saturated rings. The lowest BCUT2D eigenvalue weighted by Crippen LogP contribution is -2.54. The van der Waals surface area contributed by atoms with Gasteiger partial charge in [0.05, 0.1) is 11.2 Å². The molecule has 1 N–H and O–H groups in total. The molecule has 0 aromatic heterocycles. The van der Waals surface area contributed by atoms with Crippen molar-refractivity contribution in [3.8, 4) is 0 Å². The van der Waals surface area contributed by atoms with E-state index in [0.717, 1.165) is 27.8 Å². The number of hydrogen-bond acceptors (Lipinski definition) is 4. The number of allylic oxidation sites excluding steroid dienone is 1. The van der Waals surface area contributed by atoms with E-state index in [2.05, 4.69) is 30.1 Å². The second-order valence-corrected chi connectivity index (χ2v) is 8.78. The summed E-state index contributed by atoms with van der Waals surface area (Å²) >= 11 is 6.52. The van der Waals surface area contributed by atoms with Gasteiger partial charge in [0.1, 0.15) is 11.4 Å². The molecule has 2 aromatic rings. The Morgan fingerprint density at radius 1 is 1.12 bits per heavy atom. The zero-order valence-corrected chi connectivity index (χ0v) is 18.7. The van der Waals surface area contributed by atoms with Crippen molar-refractivity contribution in [2.75, 3.05) is 16.8 Å². The van der Waals surface area contributed by atoms with Gasteiger partial charge in [-0.2, -0.15) is 0 Å². The Bertz CT molecular complexity index is 1250. The van der Waals surface area contributed by atoms with Gasteiger partial charge in [-0.15, -0.1) is 0 Å². The average molecular weight is 454 g/mol. The van der Waals surface area contributed by atoms with Crippen molar-refractivity contribution in [2.24, 2.45) is 0 Å². The molecule has 0 spiro atoms. The van der Waals surface area contributed by atoms with Crippen molar-refractivity contribution in [1.82, 2.24) is 5.32 Å². The van der Waals surface area contributed by atoms with Crippen LogP contribution in [-0.2, 0) is 9.59 Å². The number of amides is 4. The molecule has 2 aliphatic rings. The van der Waals surface area contributed by atoms with Crippen LogP contribution in [0.5, 0.6) is 0 Å². The van der Waals surface area contributed by atoms with E-state index in [4.69, 9.17) is 11.6 Å². The first-order valence-corrected chi connectivity index (χ1v) is 10.3. The van der Waals surface area contributed by atoms with Crippen LogP contribution in [0.2, 0.25) is 5.02 Å². The van der Waals surface area contributed by atoms with Crippen molar-refractivity contribution in [1.29, 1.82) is 0 Å². The van der Waals surface area contributed by atoms with E-state index < -0.39 is 23.7 Å². The molecule has 6 nitrogen and oxygen atoms in total. The highest BCUT2D eigenvalue weighted by Gasteiger charge is 2.37. The van der Waals surface area contributed by atoms with Gasteiger partial charge in [0.25, 0.3) is 11.8 Å². The van der Waals surface area contributed by atoms with Crippen molar-refractivity contribution in [3.05, 3.63) is 70.0 Å². The number of barbiturate groups is 1. The SMILES string of the molecule is CC1=CC(C)(C)N(C)c2cc(Cl)c(/C=C3/C(=O)NC(=O)N(c4cccc(F)c4)C3=O)cc21. The van der Waals surface area contributed by atoms with Crippen LogP contribution in [0.15, 0.2) is 48.0 Å². The minimum Gasteiger partial charge on any atom is -0.365 e. The van der Waals surface area contributed by atoms with Crippen molar-refractivity contribution in [2.45, 2.75) is 26.3 Å². The first-order valence-electron chi connectivity index (χ1n) is 9.94. The summed E-state index contributed by atoms with van der Waals surface area (Å²) in [6.45, 7) is 6.17. The van der Waals surface area contributed by atoms with Gasteiger partial charge in [-0.3, -0.25) is 14.9 Å². The number of likely N-dealkylation sites (N-methyl/N-ethyl adjacent to an activating group) is 1. The number of urea groups is 1. The third-order valence-electron chi connectivity index (χ3n) is 5.80. The van der Waals surface area contributed by atoms with Gasteiger partial charge in [0, 0.05) is 23.3 Å². The molecule has 0 atom stereocenters. The van der Waals surface area contributed by atoms with Crippen molar-refractivity contribution in [3.63, 3.8) is 0 Å². The fourth-order valence-electron chi connectivity index (χ4n) is 3.96. The Balaban J connectivity index is 1.80. The van der Waals surface area contributed by atoms with E-state index in [-0.39, 0.29) is 16.8 Å². The Morgan fingerprint density at radius 2 is 1.84 bits per heavy atom. The average Bonchev–Trinajstić information content (AvgIpc) is 2.69. The lowest BCUT2D eigenvalue weighted by atomic mass is 9.88. The fourth-order valence-corrected chi connectivity index (χ4v) is 4.17. The molecule has 164 valence electrons. The minimum atomic E-state index is -0.943. The second kappa shape index (κ2) is 7.60. The highest BCUT2D eigenvalue weighted by atomic mass is 35.5. The molecule has 4 amide bonds. The van der Waals surface area contributed by atoms with Crippen LogP contribution in [0.3, 0.4) is 0 Å². The maximum atomic E-state index is 13.7. The number of carbonyl (C=O) groups excluding carboxylic acids is 3. The van der Waals surface area contributed by atoms with E-state index in [1.165, 1.54) is 24.3 Å². The van der Waals surface area contributed by atoms with Crippen LogP contribution in [0.4, 0.5) is 20.6 Å². The van der Waals surface area contributed by atoms with Crippen LogP contribution in [0, 0.1) is 5.82 Å². The number of benzene rings is 2. The van der Waals surface area contributed by atoms with Crippen LogP contribution >= 0.6 is 11.6 Å². The topological polar surface area (TPSA) is 69.7 Å². The predicted molar refractivity (Wildman–Crippen MR) is 123 cm³/mol. The van der Waals surface area contributed by atoms with Gasteiger partial charge in [-0.25, -0.2) is 14.1 Å². The molecule has 0 bridgehead atoms. The van der Waals surface area contributed by atoms with Gasteiger partial charge in [0.2, 0.25) is 0 Å². The smallest absolute Gasteiger partial charge is 0.335 e. The highest BCUT2D eigenvalue weighted by molar-refractivity contribution is 6.40. The molecule has 32 heavy (non-hydrogen) atoms. The molecule has 8 heteroatoms. The van der Waals surface area contributed by atoms with Gasteiger partial charge < -0.3 is 4.90 Å². The van der Waals surface area contributed by atoms with Gasteiger partial charge in [0.15, 0.2) is 0 Å². The third kappa shape index (κ3) is 3.58. The number of imide groups is 2. The molecule has 0 saturated carbocycles. The van der Waals surface area contributed by atoms with Crippen LogP contribution in [-0.4, -0.2) is 30.4 Å². The van der Waals surface area contributed by atoms with E-state index >= 15 is 0 Å². The molecular formula is C24H21ClFN3O3. The summed E-state index contributed by atoms with van der Waals surface area (Å²) in [4.78, 5) is 40.7. The molecular weight excluding hydrogens is 433 g/mol. The second-order valence-electron chi connectivity index (χ2n) is 8.37. The van der Waals surface area contributed by atoms with E-state index in [1.54, 1.807) is 6.07 Å². The monoisotopic (exact) mass is 453 g/mol. The summed E-state index contributed by atoms with van der Waals surface area (Å²) in [5.74, 6) is -2.31. The van der Waals surface area contributed by atoms with Gasteiger partial charge in [-0.05, 0) is 68.3 Å². The quantitative estimate of drug-likeness (QED) is 0.525. The molecule has 0 aliphatic carbocycles. The summed E-state index contributed by atoms with van der Waals surface area (Å²) in [5.41, 5.74) is 2.88. The lowest BCUT2D eigenvalue weighted by molar-refractivity contribution is -0.122. The molecule has 4 rings (SSSR count). The summed E-state index contributed by atoms with van der Waals surface area (Å²) in [7, 11) is 1.97. The summed E-state index contributed by atoms with van der Waals surface area (Å²) in [5, 5.41) is 2.48. The van der Waals surface area contributed by atoms with Crippen molar-refractivity contribution >= 4 is 52.5 Å². The number of nitrogens with zero attached hydrogens (tertiary/aromatic N) is 2. The van der Waals surface area contributed by atoms with Crippen LogP contribution in [0.1, 0.15) is 31.9 Å². The standard InChI is InChI=1S/C24H21ClFN3O3/c1-13-12-24(2,3)28(4)20-11-19(25)14(8-17(13)20)9-18-21(30)27-23(32)29(22(18)31)16-7-5-6-15(26)10-16/h5-12H,1-4H3,(H,27,30,32)/b18-9-. The number of fused-ring (bicyclic) bond motifs is 1. The summed E-state index contributed by atoms with van der Waals surface area (Å²) in [6, 6.07) is 7.68. The van der Waals surface area contributed by atoms with Crippen molar-refractivity contribution < 1.29 is 18.8 Å². The van der Waals surface area contributed by atoms with Gasteiger partial charge >= 0.3 is 6.03 Å². The zero-order chi connectivity index (χ0) is 23.4. The molecule has 0 unspecified atom stereocenters. The lowest BCUT2D eigenvalue weighted by Gasteiger charge is -2.40. The Labute approximate surface area is 189 Å². The number of carbonyl (C=O) groups is 3. The van der Waals surface area contributed by atoms with Crippen LogP contribution < -0.4 is 15.1 Å². The first-order chi connectivity index (χ1) is 15.0. The molecule has 1 saturated heterocycles. The number of halogens is 2. The number of nitrogens with one attached hydrogen (secondary N) is 1. The van der Waals surface area contributed by atoms with E-state index in [0.29, 0.717) is 10.6 Å². The van der Waals surface area contributed by atoms with Crippen LogP contribution in [0.25, 0.3) is 11.6 Å². The number of rotatable bonds is 2. The Morgan fingerprint density at radius 3 is 2.53 bits per heavy atom. The minimum absolute atomic E-state index is 0.0186. The van der Waals surface area contributed by atoms with E-state index in [9.17, 15) is 18.8 Å². The molecule has 2 aliphatic heterocycles. The fraction of sp³-hybridized carbons (Fsp3) is 0.208. The first kappa shape index (κ1) is 21.8. The maximum Gasteiger partial charge on any atom is 0.335 e. The predicted octanol–water partition coefficient (Wildman–Crippen LogP) is 4.78. The van der Waals surface area contributed by atoms with E-state index in [1.807, 2.05) is 20.0 Å². The third-order valence-corrected chi connectivity index (χ3v) is 6.13. The maximum absolute atomic E-state index is 13.7. The Hall–Kier alpha value is -3.45.